The molecule has 0 radical (unpaired) electrons. The third kappa shape index (κ3) is 8.02. The van der Waals surface area contributed by atoms with Crippen molar-refractivity contribution in [3.63, 3.8) is 0 Å². The van der Waals surface area contributed by atoms with Crippen molar-refractivity contribution in [2.24, 2.45) is 5.92 Å². The summed E-state index contributed by atoms with van der Waals surface area (Å²) in [6, 6.07) is 13.8. The summed E-state index contributed by atoms with van der Waals surface area (Å²) in [4.78, 5) is 30.0. The first-order chi connectivity index (χ1) is 20.3. The summed E-state index contributed by atoms with van der Waals surface area (Å²) in [6.45, 7) is 4.34. The minimum atomic E-state index is -4.42. The van der Waals surface area contributed by atoms with E-state index in [1.807, 2.05) is 18.9 Å². The maximum absolute atomic E-state index is 13.6. The lowest BCUT2D eigenvalue weighted by Crippen LogP contribution is -2.49. The van der Waals surface area contributed by atoms with E-state index in [0.29, 0.717) is 24.3 Å². The molecule has 0 fully saturated rings. The number of ether oxygens (including phenoxy) is 1. The molecule has 0 saturated carbocycles. The average molecular weight is 603 g/mol. The predicted octanol–water partition coefficient (Wildman–Crippen LogP) is 5.84. The molecule has 8 nitrogen and oxygen atoms in total. The van der Waals surface area contributed by atoms with Gasteiger partial charge in [0.05, 0.1) is 29.5 Å². The molecule has 0 bridgehead atoms. The Balaban J connectivity index is 1.59. The monoisotopic (exact) mass is 602 g/mol. The van der Waals surface area contributed by atoms with Crippen LogP contribution in [-0.4, -0.2) is 65.7 Å². The summed E-state index contributed by atoms with van der Waals surface area (Å²) in [7, 11) is 1.81. The van der Waals surface area contributed by atoms with Crippen molar-refractivity contribution in [2.45, 2.75) is 38.7 Å². The number of nitrogens with zero attached hydrogens (tertiary/aromatic N) is 2. The highest BCUT2D eigenvalue weighted by Gasteiger charge is 2.35. The second-order valence-electron chi connectivity index (χ2n) is 10.8. The number of para-hydroxylation sites is 1. The summed E-state index contributed by atoms with van der Waals surface area (Å²) in [5.74, 6) is -0.909. The number of likely N-dealkylation sites (N-methyl/N-ethyl adjacent to an activating group) is 1. The zero-order valence-corrected chi connectivity index (χ0v) is 24.0. The zero-order chi connectivity index (χ0) is 31.3. The van der Waals surface area contributed by atoms with Gasteiger partial charge in [0, 0.05) is 31.2 Å². The number of benzene rings is 3. The lowest BCUT2D eigenvalue weighted by molar-refractivity contribution is -0.137. The summed E-state index contributed by atoms with van der Waals surface area (Å²) in [5, 5.41) is 15.2. The Hall–Kier alpha value is -4.16. The average Bonchev–Trinajstić information content (AvgIpc) is 2.95. The van der Waals surface area contributed by atoms with Crippen LogP contribution in [0.25, 0.3) is 0 Å². The molecule has 3 aromatic carbocycles. The third-order valence-electron chi connectivity index (χ3n) is 7.27. The highest BCUT2D eigenvalue weighted by molar-refractivity contribution is 6.04. The van der Waals surface area contributed by atoms with E-state index in [-0.39, 0.29) is 42.0 Å². The molecule has 12 heteroatoms. The van der Waals surface area contributed by atoms with Crippen molar-refractivity contribution in [2.75, 3.05) is 37.4 Å². The Morgan fingerprint density at radius 3 is 2.40 bits per heavy atom. The van der Waals surface area contributed by atoms with Crippen LogP contribution in [0.15, 0.2) is 66.7 Å². The first-order valence-corrected chi connectivity index (χ1v) is 13.8. The van der Waals surface area contributed by atoms with E-state index < -0.39 is 35.7 Å². The molecule has 43 heavy (non-hydrogen) atoms. The lowest BCUT2D eigenvalue weighted by atomic mass is 9.98. The van der Waals surface area contributed by atoms with Gasteiger partial charge >= 0.3 is 12.2 Å². The van der Waals surface area contributed by atoms with Crippen LogP contribution in [0, 0.1) is 11.7 Å². The number of fused-ring (bicyclic) bond motifs is 1. The number of nitrogens with one attached hydrogen (secondary N) is 2. The van der Waals surface area contributed by atoms with Crippen molar-refractivity contribution in [3.8, 4) is 5.75 Å². The third-order valence-corrected chi connectivity index (χ3v) is 7.27. The number of alkyl halides is 3. The largest absolute Gasteiger partial charge is 0.486 e. The molecule has 1 aliphatic heterocycles. The minimum Gasteiger partial charge on any atom is -0.486 e. The Labute approximate surface area is 247 Å². The number of aliphatic hydroxyl groups excluding tert-OH is 1. The van der Waals surface area contributed by atoms with Gasteiger partial charge in [0.1, 0.15) is 11.9 Å². The fraction of sp³-hybridized carbons (Fsp3) is 0.355. The Morgan fingerprint density at radius 2 is 1.77 bits per heavy atom. The van der Waals surface area contributed by atoms with Gasteiger partial charge < -0.3 is 25.4 Å². The molecule has 0 saturated heterocycles. The molecule has 3 amide bonds. The smallest absolute Gasteiger partial charge is 0.416 e. The number of urea groups is 1. The second kappa shape index (κ2) is 13.4. The van der Waals surface area contributed by atoms with Gasteiger partial charge in [0.25, 0.3) is 5.91 Å². The van der Waals surface area contributed by atoms with Gasteiger partial charge in [-0.3, -0.25) is 9.69 Å². The molecule has 0 spiro atoms. The van der Waals surface area contributed by atoms with Crippen LogP contribution in [-0.2, 0) is 12.7 Å². The number of aliphatic hydroxyl groups is 1. The number of carbonyl (C=O) groups excluding carboxylic acids is 2. The number of carbonyl (C=O) groups is 2. The standard InChI is InChI=1S/C31H34F4N4O4/c1-19-15-39(20(2)18-40)29(41)25-5-4-6-26(37-30(42)36-24-13-11-23(32)12-14-24)28(25)43-27(19)17-38(3)16-21-7-9-22(10-8-21)31(33,34)35/h4-14,19-20,27,40H,15-18H2,1-3H3,(H2,36,37,42)/t19-,20+,27-/m1/s1. The highest BCUT2D eigenvalue weighted by atomic mass is 19.4. The number of halogens is 4. The number of hydrogen-bond donors (Lipinski definition) is 3. The molecule has 3 atom stereocenters. The van der Waals surface area contributed by atoms with E-state index in [9.17, 15) is 32.3 Å². The first-order valence-electron chi connectivity index (χ1n) is 13.8. The number of amides is 3. The van der Waals surface area contributed by atoms with Gasteiger partial charge in [-0.2, -0.15) is 13.2 Å². The van der Waals surface area contributed by atoms with E-state index in [2.05, 4.69) is 10.6 Å². The molecule has 4 rings (SSSR count). The Morgan fingerprint density at radius 1 is 1.09 bits per heavy atom. The van der Waals surface area contributed by atoms with Crippen molar-refractivity contribution < 1.29 is 37.0 Å². The van der Waals surface area contributed by atoms with E-state index in [4.69, 9.17) is 4.74 Å². The summed E-state index contributed by atoms with van der Waals surface area (Å²) >= 11 is 0. The molecule has 0 aromatic heterocycles. The van der Waals surface area contributed by atoms with Gasteiger partial charge in [-0.05, 0) is 68.1 Å². The highest BCUT2D eigenvalue weighted by Crippen LogP contribution is 2.35. The molecule has 0 unspecified atom stereocenters. The zero-order valence-electron chi connectivity index (χ0n) is 24.0. The quantitative estimate of drug-likeness (QED) is 0.282. The number of anilines is 2. The molecule has 3 aromatic rings. The fourth-order valence-corrected chi connectivity index (χ4v) is 4.86. The van der Waals surface area contributed by atoms with E-state index in [1.54, 1.807) is 30.0 Å². The molecular weight excluding hydrogens is 568 g/mol. The number of hydrogen-bond acceptors (Lipinski definition) is 5. The Bertz CT molecular complexity index is 1420. The fourth-order valence-electron chi connectivity index (χ4n) is 4.86. The molecule has 1 heterocycles. The van der Waals surface area contributed by atoms with Crippen LogP contribution in [0.5, 0.6) is 5.75 Å². The van der Waals surface area contributed by atoms with Crippen molar-refractivity contribution in [3.05, 3.63) is 89.2 Å². The van der Waals surface area contributed by atoms with Crippen LogP contribution >= 0.6 is 0 Å². The molecular formula is C31H34F4N4O4. The summed E-state index contributed by atoms with van der Waals surface area (Å²) in [6.07, 6.45) is -4.93. The molecule has 3 N–H and O–H groups in total. The van der Waals surface area contributed by atoms with E-state index in [1.165, 1.54) is 36.4 Å². The van der Waals surface area contributed by atoms with Gasteiger partial charge in [-0.1, -0.05) is 25.1 Å². The maximum atomic E-state index is 13.6. The van der Waals surface area contributed by atoms with Crippen molar-refractivity contribution >= 4 is 23.3 Å². The lowest BCUT2D eigenvalue weighted by Gasteiger charge is -2.38. The van der Waals surface area contributed by atoms with Gasteiger partial charge in [-0.15, -0.1) is 0 Å². The minimum absolute atomic E-state index is 0.149. The topological polar surface area (TPSA) is 94.1 Å². The van der Waals surface area contributed by atoms with Crippen LogP contribution in [0.3, 0.4) is 0 Å². The normalized spacial score (nSPS) is 17.9. The van der Waals surface area contributed by atoms with Gasteiger partial charge in [0.15, 0.2) is 5.75 Å². The van der Waals surface area contributed by atoms with E-state index >= 15 is 0 Å². The first kappa shape index (κ1) is 31.8. The predicted molar refractivity (Wildman–Crippen MR) is 154 cm³/mol. The molecule has 230 valence electrons. The van der Waals surface area contributed by atoms with Crippen LogP contribution < -0.4 is 15.4 Å². The van der Waals surface area contributed by atoms with Crippen LogP contribution in [0.1, 0.15) is 35.3 Å². The van der Waals surface area contributed by atoms with E-state index in [0.717, 1.165) is 12.1 Å². The van der Waals surface area contributed by atoms with Gasteiger partial charge in [0.2, 0.25) is 0 Å². The molecule has 0 aliphatic carbocycles. The van der Waals surface area contributed by atoms with Crippen LogP contribution in [0.2, 0.25) is 0 Å². The van der Waals surface area contributed by atoms with Crippen LogP contribution in [0.4, 0.5) is 33.7 Å². The second-order valence-corrected chi connectivity index (χ2v) is 10.8. The maximum Gasteiger partial charge on any atom is 0.416 e. The van der Waals surface area contributed by atoms with Crippen molar-refractivity contribution in [1.82, 2.24) is 9.80 Å². The summed E-state index contributed by atoms with van der Waals surface area (Å²) in [5.41, 5.74) is 0.737. The molecule has 1 aliphatic rings. The number of rotatable bonds is 8. The van der Waals surface area contributed by atoms with Gasteiger partial charge in [-0.25, -0.2) is 9.18 Å². The van der Waals surface area contributed by atoms with Crippen molar-refractivity contribution in [1.29, 1.82) is 0 Å². The Kier molecular flexibility index (Phi) is 9.92. The summed E-state index contributed by atoms with van der Waals surface area (Å²) < 4.78 is 58.7. The SMILES string of the molecule is C[C@@H]1CN([C@@H](C)CO)C(=O)c2cccc(NC(=O)Nc3ccc(F)cc3)c2O[C@@H]1CN(C)Cc1ccc(C(F)(F)F)cc1.